The van der Waals surface area contributed by atoms with Crippen LogP contribution in [0.4, 0.5) is 4.39 Å². The fourth-order valence-electron chi connectivity index (χ4n) is 4.10. The van der Waals surface area contributed by atoms with Gasteiger partial charge in [-0.05, 0) is 73.6 Å². The Hall–Kier alpha value is -3.40. The Morgan fingerprint density at radius 2 is 1.97 bits per heavy atom. The number of carboxylic acid groups (broad SMARTS) is 1. The summed E-state index contributed by atoms with van der Waals surface area (Å²) in [5.74, 6) is -1.22. The molecule has 0 spiro atoms. The molecule has 0 unspecified atom stereocenters. The number of nitrogens with one attached hydrogen (secondary N) is 1. The lowest BCUT2D eigenvalue weighted by Gasteiger charge is -2.25. The number of amides is 1. The van der Waals surface area contributed by atoms with Crippen LogP contribution in [0.1, 0.15) is 47.4 Å². The second kappa shape index (κ2) is 10.3. The minimum Gasteiger partial charge on any atom is -0.481 e. The highest BCUT2D eigenvalue weighted by Gasteiger charge is 2.26. The van der Waals surface area contributed by atoms with E-state index in [0.29, 0.717) is 47.9 Å². The lowest BCUT2D eigenvalue weighted by molar-refractivity contribution is -0.143. The van der Waals surface area contributed by atoms with Gasteiger partial charge in [0.15, 0.2) is 0 Å². The van der Waals surface area contributed by atoms with Crippen molar-refractivity contribution in [3.05, 3.63) is 58.1 Å². The van der Waals surface area contributed by atoms with Crippen molar-refractivity contribution in [1.82, 2.24) is 30.5 Å². The maximum Gasteiger partial charge on any atom is 0.306 e. The van der Waals surface area contributed by atoms with Crippen molar-refractivity contribution < 1.29 is 19.1 Å². The summed E-state index contributed by atoms with van der Waals surface area (Å²) in [5, 5.41) is 24.6. The van der Waals surface area contributed by atoms with Crippen molar-refractivity contribution in [3.8, 4) is 11.4 Å². The third-order valence-electron chi connectivity index (χ3n) is 5.95. The molecule has 34 heavy (non-hydrogen) atoms. The van der Waals surface area contributed by atoms with Gasteiger partial charge in [-0.1, -0.05) is 17.7 Å². The molecule has 1 aliphatic rings. The summed E-state index contributed by atoms with van der Waals surface area (Å²) in [6, 6.07) is 7.63. The van der Waals surface area contributed by atoms with E-state index in [2.05, 4.69) is 25.7 Å². The van der Waals surface area contributed by atoms with Crippen LogP contribution >= 0.6 is 11.6 Å². The van der Waals surface area contributed by atoms with E-state index >= 15 is 0 Å². The molecule has 4 rings (SSSR count). The molecule has 0 saturated heterocycles. The standard InChI is InChI=1S/C23H24ClFN6O3/c1-13-8-17(10-20(27-13)22(32)26-11-15-4-7-19(25)18(24)9-15)21-28-30-31(29-21)12-14-2-5-16(6-3-14)23(33)34/h4,7-10,14,16H,2-3,5-6,11-12H2,1H3,(H,26,32)(H,33,34). The fraction of sp³-hybridized carbons (Fsp3) is 0.391. The second-order valence-electron chi connectivity index (χ2n) is 8.54. The first-order valence-electron chi connectivity index (χ1n) is 11.0. The maximum atomic E-state index is 13.3. The first-order chi connectivity index (χ1) is 16.3. The summed E-state index contributed by atoms with van der Waals surface area (Å²) in [7, 11) is 0. The van der Waals surface area contributed by atoms with E-state index in [4.69, 9.17) is 16.7 Å². The van der Waals surface area contributed by atoms with Gasteiger partial charge in [0.2, 0.25) is 5.82 Å². The molecule has 1 amide bonds. The van der Waals surface area contributed by atoms with Crippen LogP contribution in [0.15, 0.2) is 30.3 Å². The minimum atomic E-state index is -0.728. The Kier molecular flexibility index (Phi) is 7.16. The zero-order valence-electron chi connectivity index (χ0n) is 18.5. The SMILES string of the molecule is Cc1cc(-c2nnn(CC3CCC(C(=O)O)CC3)n2)cc(C(=O)NCc2ccc(F)c(Cl)c2)n1. The van der Waals surface area contributed by atoms with Gasteiger partial charge in [-0.3, -0.25) is 9.59 Å². The average molecular weight is 487 g/mol. The highest BCUT2D eigenvalue weighted by Crippen LogP contribution is 2.29. The Labute approximate surface area is 200 Å². The van der Waals surface area contributed by atoms with Gasteiger partial charge < -0.3 is 10.4 Å². The van der Waals surface area contributed by atoms with Crippen molar-refractivity contribution in [2.75, 3.05) is 0 Å². The molecule has 1 saturated carbocycles. The number of aromatic nitrogens is 5. The molecular formula is C23H24ClFN6O3. The van der Waals surface area contributed by atoms with E-state index in [9.17, 15) is 14.0 Å². The lowest BCUT2D eigenvalue weighted by Crippen LogP contribution is -2.24. The van der Waals surface area contributed by atoms with Crippen molar-refractivity contribution in [2.24, 2.45) is 11.8 Å². The van der Waals surface area contributed by atoms with Gasteiger partial charge >= 0.3 is 5.97 Å². The lowest BCUT2D eigenvalue weighted by atomic mass is 9.82. The Balaban J connectivity index is 1.41. The largest absolute Gasteiger partial charge is 0.481 e. The van der Waals surface area contributed by atoms with Crippen LogP contribution < -0.4 is 5.32 Å². The summed E-state index contributed by atoms with van der Waals surface area (Å²) in [6.07, 6.45) is 2.94. The van der Waals surface area contributed by atoms with Crippen LogP contribution in [0.25, 0.3) is 11.4 Å². The smallest absolute Gasteiger partial charge is 0.306 e. The van der Waals surface area contributed by atoms with Gasteiger partial charge in [-0.2, -0.15) is 4.80 Å². The number of aryl methyl sites for hydroxylation is 1. The number of hydrogen-bond acceptors (Lipinski definition) is 6. The fourth-order valence-corrected chi connectivity index (χ4v) is 4.30. The third kappa shape index (κ3) is 5.74. The summed E-state index contributed by atoms with van der Waals surface area (Å²) >= 11 is 5.79. The summed E-state index contributed by atoms with van der Waals surface area (Å²) in [6.45, 7) is 2.50. The number of rotatable bonds is 7. The van der Waals surface area contributed by atoms with Crippen LogP contribution in [-0.2, 0) is 17.9 Å². The molecule has 9 nitrogen and oxygen atoms in total. The average Bonchev–Trinajstić information content (AvgIpc) is 3.28. The predicted octanol–water partition coefficient (Wildman–Crippen LogP) is 3.66. The van der Waals surface area contributed by atoms with Gasteiger partial charge in [0.1, 0.15) is 11.5 Å². The van der Waals surface area contributed by atoms with E-state index in [0.717, 1.165) is 12.8 Å². The molecule has 1 aliphatic carbocycles. The van der Waals surface area contributed by atoms with E-state index in [1.165, 1.54) is 16.9 Å². The molecule has 1 fully saturated rings. The number of hydrogen-bond donors (Lipinski definition) is 2. The highest BCUT2D eigenvalue weighted by atomic mass is 35.5. The zero-order chi connectivity index (χ0) is 24.2. The first-order valence-corrected chi connectivity index (χ1v) is 11.4. The van der Waals surface area contributed by atoms with E-state index in [1.54, 1.807) is 25.1 Å². The molecule has 0 aliphatic heterocycles. The monoisotopic (exact) mass is 486 g/mol. The number of benzene rings is 1. The number of nitrogens with zero attached hydrogens (tertiary/aromatic N) is 5. The van der Waals surface area contributed by atoms with Crippen LogP contribution in [0, 0.1) is 24.6 Å². The van der Waals surface area contributed by atoms with Crippen molar-refractivity contribution in [3.63, 3.8) is 0 Å². The molecule has 11 heteroatoms. The Morgan fingerprint density at radius 3 is 2.68 bits per heavy atom. The van der Waals surface area contributed by atoms with Gasteiger partial charge in [-0.25, -0.2) is 9.37 Å². The van der Waals surface area contributed by atoms with Crippen LogP contribution in [-0.4, -0.2) is 42.2 Å². The molecule has 1 aromatic carbocycles. The summed E-state index contributed by atoms with van der Waals surface area (Å²) < 4.78 is 13.3. The van der Waals surface area contributed by atoms with Crippen molar-refractivity contribution in [2.45, 2.75) is 45.7 Å². The second-order valence-corrected chi connectivity index (χ2v) is 8.94. The summed E-state index contributed by atoms with van der Waals surface area (Å²) in [4.78, 5) is 29.6. The number of tetrazole rings is 1. The molecule has 178 valence electrons. The number of pyridine rings is 1. The summed E-state index contributed by atoms with van der Waals surface area (Å²) in [5.41, 5.74) is 2.10. The molecule has 0 atom stereocenters. The molecule has 0 bridgehead atoms. The van der Waals surface area contributed by atoms with Crippen molar-refractivity contribution in [1.29, 1.82) is 0 Å². The van der Waals surface area contributed by atoms with Crippen LogP contribution in [0.5, 0.6) is 0 Å². The van der Waals surface area contributed by atoms with E-state index in [-0.39, 0.29) is 23.2 Å². The number of carboxylic acids is 1. The van der Waals surface area contributed by atoms with Gasteiger partial charge in [0.25, 0.3) is 5.91 Å². The quantitative estimate of drug-likeness (QED) is 0.522. The Morgan fingerprint density at radius 1 is 1.21 bits per heavy atom. The van der Waals surface area contributed by atoms with Gasteiger partial charge in [0.05, 0.1) is 17.5 Å². The van der Waals surface area contributed by atoms with Gasteiger partial charge in [-0.15, -0.1) is 10.2 Å². The zero-order valence-corrected chi connectivity index (χ0v) is 19.3. The van der Waals surface area contributed by atoms with Gasteiger partial charge in [0, 0.05) is 17.8 Å². The highest BCUT2D eigenvalue weighted by molar-refractivity contribution is 6.30. The predicted molar refractivity (Wildman–Crippen MR) is 121 cm³/mol. The molecule has 0 radical (unpaired) electrons. The topological polar surface area (TPSA) is 123 Å². The van der Waals surface area contributed by atoms with Crippen LogP contribution in [0.2, 0.25) is 5.02 Å². The maximum absolute atomic E-state index is 13.3. The Bertz CT molecular complexity index is 1210. The number of halogens is 2. The molecular weight excluding hydrogens is 463 g/mol. The number of carbonyl (C=O) groups is 2. The van der Waals surface area contributed by atoms with Crippen LogP contribution in [0.3, 0.4) is 0 Å². The first kappa shape index (κ1) is 23.7. The molecule has 2 aromatic heterocycles. The number of aliphatic carboxylic acids is 1. The number of carbonyl (C=O) groups excluding carboxylic acids is 1. The van der Waals surface area contributed by atoms with Crippen molar-refractivity contribution >= 4 is 23.5 Å². The van der Waals surface area contributed by atoms with E-state index < -0.39 is 17.7 Å². The third-order valence-corrected chi connectivity index (χ3v) is 6.24. The molecule has 3 aromatic rings. The molecule has 2 N–H and O–H groups in total. The normalized spacial score (nSPS) is 18.0. The van der Waals surface area contributed by atoms with E-state index in [1.807, 2.05) is 0 Å². The minimum absolute atomic E-state index is 0.00759. The molecule has 2 heterocycles.